The molecule has 0 amide bonds. The Kier molecular flexibility index (Phi) is 9.99. The predicted octanol–water partition coefficient (Wildman–Crippen LogP) is 2.58. The summed E-state index contributed by atoms with van der Waals surface area (Å²) in [5.74, 6) is -1.86. The first-order chi connectivity index (χ1) is 7.62. The van der Waals surface area contributed by atoms with Gasteiger partial charge in [-0.05, 0) is 6.42 Å². The maximum Gasteiger partial charge on any atom is 0.186 e. The van der Waals surface area contributed by atoms with Gasteiger partial charge in [-0.15, -0.1) is 0 Å². The molecule has 3 nitrogen and oxygen atoms in total. The zero-order valence-corrected chi connectivity index (χ0v) is 10.6. The monoisotopic (exact) mass is 232 g/mol. The minimum absolute atomic E-state index is 0.277. The summed E-state index contributed by atoms with van der Waals surface area (Å²) in [6.07, 6.45) is 11.1. The number of rotatable bonds is 11. The molecule has 3 heteroatoms. The maximum atomic E-state index is 9.13. The van der Waals surface area contributed by atoms with E-state index in [1.807, 2.05) is 0 Å². The molecule has 0 radical (unpaired) electrons. The molecule has 0 saturated carbocycles. The Balaban J connectivity index is 3.10. The van der Waals surface area contributed by atoms with Crippen molar-refractivity contribution >= 4 is 0 Å². The zero-order valence-electron chi connectivity index (χ0n) is 10.6. The largest absolute Gasteiger partial charge is 0.391 e. The van der Waals surface area contributed by atoms with Gasteiger partial charge in [0.2, 0.25) is 0 Å². The van der Waals surface area contributed by atoms with Crippen LogP contribution in [0.1, 0.15) is 71.1 Å². The lowest BCUT2D eigenvalue weighted by Crippen LogP contribution is -2.32. The van der Waals surface area contributed by atoms with Gasteiger partial charge in [-0.3, -0.25) is 0 Å². The standard InChI is InChI=1S/C13H28O3/c1-2-3-4-5-6-7-8-9-10-11-13(15,16)12-14/h14-16H,2-12H2,1H3. The molecule has 0 aliphatic heterocycles. The van der Waals surface area contributed by atoms with E-state index in [4.69, 9.17) is 15.3 Å². The highest BCUT2D eigenvalue weighted by Crippen LogP contribution is 2.14. The van der Waals surface area contributed by atoms with E-state index in [0.29, 0.717) is 0 Å². The fourth-order valence-corrected chi connectivity index (χ4v) is 1.80. The molecule has 3 N–H and O–H groups in total. The van der Waals surface area contributed by atoms with Crippen LogP contribution < -0.4 is 0 Å². The first-order valence-corrected chi connectivity index (χ1v) is 6.68. The number of unbranched alkanes of at least 4 members (excludes halogenated alkanes) is 8. The Hall–Kier alpha value is -0.120. The molecule has 0 heterocycles. The smallest absolute Gasteiger partial charge is 0.186 e. The van der Waals surface area contributed by atoms with Crippen LogP contribution in [0, 0.1) is 0 Å². The fraction of sp³-hybridized carbons (Fsp3) is 1.00. The second kappa shape index (κ2) is 10.1. The van der Waals surface area contributed by atoms with E-state index in [2.05, 4.69) is 6.92 Å². The van der Waals surface area contributed by atoms with E-state index in [1.54, 1.807) is 0 Å². The second-order valence-corrected chi connectivity index (χ2v) is 4.72. The van der Waals surface area contributed by atoms with E-state index in [1.165, 1.54) is 38.5 Å². The van der Waals surface area contributed by atoms with Gasteiger partial charge < -0.3 is 15.3 Å². The number of aliphatic hydroxyl groups is 3. The molecule has 0 aliphatic carbocycles. The fourth-order valence-electron chi connectivity index (χ4n) is 1.80. The van der Waals surface area contributed by atoms with Gasteiger partial charge in [0.1, 0.15) is 0 Å². The number of aliphatic hydroxyl groups excluding tert-OH is 1. The van der Waals surface area contributed by atoms with Crippen molar-refractivity contribution in [2.24, 2.45) is 0 Å². The lowest BCUT2D eigenvalue weighted by Gasteiger charge is -2.18. The van der Waals surface area contributed by atoms with Crippen LogP contribution in [-0.2, 0) is 0 Å². The predicted molar refractivity (Wildman–Crippen MR) is 66.1 cm³/mol. The molecule has 98 valence electrons. The Morgan fingerprint density at radius 1 is 0.750 bits per heavy atom. The van der Waals surface area contributed by atoms with Crippen molar-refractivity contribution in [1.82, 2.24) is 0 Å². The average Bonchev–Trinajstić information content (AvgIpc) is 2.27. The molecule has 0 spiro atoms. The Bertz CT molecular complexity index is 146. The quantitative estimate of drug-likeness (QED) is 0.379. The minimum atomic E-state index is -1.86. The molecule has 0 fully saturated rings. The van der Waals surface area contributed by atoms with E-state index in [9.17, 15) is 0 Å². The van der Waals surface area contributed by atoms with E-state index in [0.717, 1.165) is 19.3 Å². The van der Waals surface area contributed by atoms with Crippen molar-refractivity contribution in [3.8, 4) is 0 Å². The minimum Gasteiger partial charge on any atom is -0.391 e. The van der Waals surface area contributed by atoms with Crippen LogP contribution in [0.2, 0.25) is 0 Å². The van der Waals surface area contributed by atoms with Gasteiger partial charge in [0.25, 0.3) is 0 Å². The maximum absolute atomic E-state index is 9.13. The normalized spacial score (nSPS) is 12.0. The number of hydrogen-bond acceptors (Lipinski definition) is 3. The van der Waals surface area contributed by atoms with Crippen molar-refractivity contribution < 1.29 is 15.3 Å². The average molecular weight is 232 g/mol. The van der Waals surface area contributed by atoms with Gasteiger partial charge in [-0.25, -0.2) is 0 Å². The molecule has 0 unspecified atom stereocenters. The number of hydrogen-bond donors (Lipinski definition) is 3. The molecule has 0 aromatic rings. The third-order valence-corrected chi connectivity index (χ3v) is 2.93. The van der Waals surface area contributed by atoms with Crippen molar-refractivity contribution in [1.29, 1.82) is 0 Å². The molecule has 0 aromatic heterocycles. The van der Waals surface area contributed by atoms with Crippen LogP contribution in [0.3, 0.4) is 0 Å². The van der Waals surface area contributed by atoms with Gasteiger partial charge in [-0.1, -0.05) is 58.3 Å². The molecule has 16 heavy (non-hydrogen) atoms. The summed E-state index contributed by atoms with van der Waals surface area (Å²) in [4.78, 5) is 0. The van der Waals surface area contributed by atoms with Gasteiger partial charge in [0.05, 0.1) is 6.61 Å². The van der Waals surface area contributed by atoms with Crippen LogP contribution in [0.4, 0.5) is 0 Å². The zero-order chi connectivity index (χ0) is 12.3. The lowest BCUT2D eigenvalue weighted by molar-refractivity contribution is -0.191. The third-order valence-electron chi connectivity index (χ3n) is 2.93. The molecule has 0 aromatic carbocycles. The summed E-state index contributed by atoms with van der Waals surface area (Å²) in [5.41, 5.74) is 0. The second-order valence-electron chi connectivity index (χ2n) is 4.72. The highest BCUT2D eigenvalue weighted by molar-refractivity contribution is 4.62. The van der Waals surface area contributed by atoms with Crippen LogP contribution in [0.15, 0.2) is 0 Å². The lowest BCUT2D eigenvalue weighted by atomic mass is 10.0. The molecular weight excluding hydrogens is 204 g/mol. The molecule has 0 aliphatic rings. The van der Waals surface area contributed by atoms with Crippen LogP contribution in [0.25, 0.3) is 0 Å². The summed E-state index contributed by atoms with van der Waals surface area (Å²) in [6.45, 7) is 1.65. The molecule has 0 bridgehead atoms. The first-order valence-electron chi connectivity index (χ1n) is 6.68. The Morgan fingerprint density at radius 2 is 1.19 bits per heavy atom. The summed E-state index contributed by atoms with van der Waals surface area (Å²) in [5, 5.41) is 26.9. The summed E-state index contributed by atoms with van der Waals surface area (Å²) >= 11 is 0. The molecule has 0 atom stereocenters. The highest BCUT2D eigenvalue weighted by Gasteiger charge is 2.20. The van der Waals surface area contributed by atoms with Crippen LogP contribution in [-0.4, -0.2) is 27.7 Å². The summed E-state index contributed by atoms with van der Waals surface area (Å²) in [6, 6.07) is 0. The molecule has 0 saturated heterocycles. The van der Waals surface area contributed by atoms with Crippen molar-refractivity contribution in [3.63, 3.8) is 0 Å². The van der Waals surface area contributed by atoms with E-state index < -0.39 is 12.4 Å². The summed E-state index contributed by atoms with van der Waals surface area (Å²) < 4.78 is 0. The highest BCUT2D eigenvalue weighted by atomic mass is 16.5. The topological polar surface area (TPSA) is 60.7 Å². The van der Waals surface area contributed by atoms with Crippen LogP contribution in [0.5, 0.6) is 0 Å². The van der Waals surface area contributed by atoms with Gasteiger partial charge in [-0.2, -0.15) is 0 Å². The summed E-state index contributed by atoms with van der Waals surface area (Å²) in [7, 11) is 0. The van der Waals surface area contributed by atoms with Gasteiger partial charge in [0, 0.05) is 6.42 Å². The SMILES string of the molecule is CCCCCCCCCCCC(O)(O)CO. The van der Waals surface area contributed by atoms with Crippen LogP contribution >= 0.6 is 0 Å². The van der Waals surface area contributed by atoms with Crippen molar-refractivity contribution in [2.45, 2.75) is 76.9 Å². The van der Waals surface area contributed by atoms with Gasteiger partial charge >= 0.3 is 0 Å². The Morgan fingerprint density at radius 3 is 1.62 bits per heavy atom. The van der Waals surface area contributed by atoms with E-state index >= 15 is 0 Å². The van der Waals surface area contributed by atoms with Crippen molar-refractivity contribution in [3.05, 3.63) is 0 Å². The van der Waals surface area contributed by atoms with Gasteiger partial charge in [0.15, 0.2) is 5.79 Å². The first kappa shape index (κ1) is 15.9. The Labute approximate surface area is 99.5 Å². The van der Waals surface area contributed by atoms with Crippen molar-refractivity contribution in [2.75, 3.05) is 6.61 Å². The third kappa shape index (κ3) is 10.4. The molecular formula is C13H28O3. The molecule has 0 rings (SSSR count). The van der Waals surface area contributed by atoms with E-state index in [-0.39, 0.29) is 6.42 Å².